The molecule has 2 aromatic heterocycles. The predicted octanol–water partition coefficient (Wildman–Crippen LogP) is 2.21. The molecule has 3 rings (SSSR count). The molecule has 1 aliphatic heterocycles. The number of piperidine rings is 1. The van der Waals surface area contributed by atoms with E-state index in [4.69, 9.17) is 30.1 Å². The van der Waals surface area contributed by atoms with E-state index in [9.17, 15) is 4.79 Å². The number of amides is 1. The topological polar surface area (TPSA) is 104 Å². The fourth-order valence-corrected chi connectivity index (χ4v) is 3.13. The Morgan fingerprint density at radius 2 is 2.11 bits per heavy atom. The highest BCUT2D eigenvalue weighted by Gasteiger charge is 2.27. The van der Waals surface area contributed by atoms with E-state index in [0.717, 1.165) is 12.8 Å². The van der Waals surface area contributed by atoms with E-state index in [2.05, 4.69) is 15.3 Å². The summed E-state index contributed by atoms with van der Waals surface area (Å²) in [4.78, 5) is 18.6. The molecule has 148 valence electrons. The van der Waals surface area contributed by atoms with E-state index < -0.39 is 0 Å². The molecule has 0 bridgehead atoms. The molecule has 1 saturated heterocycles. The van der Waals surface area contributed by atoms with Crippen LogP contribution in [0.25, 0.3) is 0 Å². The average molecular weight is 399 g/mol. The van der Waals surface area contributed by atoms with Gasteiger partial charge in [-0.1, -0.05) is 21.9 Å². The number of halogens is 1. The van der Waals surface area contributed by atoms with Crippen LogP contribution in [0.4, 0.5) is 0 Å². The van der Waals surface area contributed by atoms with E-state index in [1.54, 1.807) is 13.2 Å². The van der Waals surface area contributed by atoms with Crippen LogP contribution in [-0.2, 0) is 27.3 Å². The van der Waals surface area contributed by atoms with Gasteiger partial charge in [0.2, 0.25) is 5.91 Å². The number of aromatic nitrogens is 3. The summed E-state index contributed by atoms with van der Waals surface area (Å²) in [5, 5.41) is 7.97. The summed E-state index contributed by atoms with van der Waals surface area (Å²) >= 11 is 5.71. The molecule has 2 aromatic rings. The molecule has 0 aromatic carbocycles. The standard InChI is InChI=1S/C17H23ClN4O5/c1-24-8-9-25-11-15-19-17(21-27-15)12-4-6-22(7-5-12)16(23)3-2-13-10-14(18)20-26-13/h10,12H,2-9,11H2,1H3. The quantitative estimate of drug-likeness (QED) is 0.592. The molecule has 9 nitrogen and oxygen atoms in total. The first-order valence-electron chi connectivity index (χ1n) is 8.93. The highest BCUT2D eigenvalue weighted by atomic mass is 35.5. The van der Waals surface area contributed by atoms with Crippen molar-refractivity contribution in [3.63, 3.8) is 0 Å². The molecule has 3 heterocycles. The molecular weight excluding hydrogens is 376 g/mol. The SMILES string of the molecule is COCCOCc1nc(C2CCN(C(=O)CCc3cc(Cl)no3)CC2)no1. The monoisotopic (exact) mass is 398 g/mol. The first-order valence-corrected chi connectivity index (χ1v) is 9.31. The lowest BCUT2D eigenvalue weighted by Gasteiger charge is -2.30. The Morgan fingerprint density at radius 1 is 1.30 bits per heavy atom. The second kappa shape index (κ2) is 9.82. The maximum absolute atomic E-state index is 12.4. The molecule has 0 N–H and O–H groups in total. The number of methoxy groups -OCH3 is 1. The number of hydrogen-bond donors (Lipinski definition) is 0. The van der Waals surface area contributed by atoms with E-state index in [1.165, 1.54) is 0 Å². The molecule has 0 atom stereocenters. The maximum atomic E-state index is 12.4. The highest BCUT2D eigenvalue weighted by Crippen LogP contribution is 2.26. The van der Waals surface area contributed by atoms with Gasteiger partial charge in [0.25, 0.3) is 5.89 Å². The van der Waals surface area contributed by atoms with Gasteiger partial charge in [-0.15, -0.1) is 0 Å². The Morgan fingerprint density at radius 3 is 2.81 bits per heavy atom. The van der Waals surface area contributed by atoms with E-state index in [0.29, 0.717) is 61.8 Å². The fraction of sp³-hybridized carbons (Fsp3) is 0.647. The van der Waals surface area contributed by atoms with Crippen molar-refractivity contribution in [1.29, 1.82) is 0 Å². The zero-order valence-corrected chi connectivity index (χ0v) is 16.0. The minimum absolute atomic E-state index is 0.0984. The molecule has 0 spiro atoms. The third-order valence-electron chi connectivity index (χ3n) is 4.47. The lowest BCUT2D eigenvalue weighted by molar-refractivity contribution is -0.132. The van der Waals surface area contributed by atoms with Crippen LogP contribution in [0, 0.1) is 0 Å². The number of nitrogens with zero attached hydrogens (tertiary/aromatic N) is 4. The van der Waals surface area contributed by atoms with Crippen molar-refractivity contribution in [2.24, 2.45) is 0 Å². The van der Waals surface area contributed by atoms with Crippen molar-refractivity contribution in [2.45, 2.75) is 38.2 Å². The molecule has 0 radical (unpaired) electrons. The van der Waals surface area contributed by atoms with E-state index in [1.807, 2.05) is 4.90 Å². The number of carbonyl (C=O) groups is 1. The Balaban J connectivity index is 1.40. The third kappa shape index (κ3) is 5.75. The second-order valence-electron chi connectivity index (χ2n) is 6.36. The van der Waals surface area contributed by atoms with Crippen LogP contribution in [0.1, 0.15) is 42.7 Å². The highest BCUT2D eigenvalue weighted by molar-refractivity contribution is 6.29. The Hall–Kier alpha value is -1.97. The van der Waals surface area contributed by atoms with Crippen LogP contribution in [0.5, 0.6) is 0 Å². The van der Waals surface area contributed by atoms with Crippen molar-refractivity contribution >= 4 is 17.5 Å². The number of carbonyl (C=O) groups excluding carboxylic acids is 1. The molecule has 0 unspecified atom stereocenters. The van der Waals surface area contributed by atoms with Gasteiger partial charge in [-0.2, -0.15) is 4.98 Å². The maximum Gasteiger partial charge on any atom is 0.252 e. The van der Waals surface area contributed by atoms with Crippen LogP contribution >= 0.6 is 11.6 Å². The molecule has 0 saturated carbocycles. The molecule has 1 fully saturated rings. The van der Waals surface area contributed by atoms with Crippen molar-refractivity contribution in [1.82, 2.24) is 20.2 Å². The zero-order chi connectivity index (χ0) is 19.1. The van der Waals surface area contributed by atoms with Gasteiger partial charge in [-0.25, -0.2) is 0 Å². The number of likely N-dealkylation sites (tertiary alicyclic amines) is 1. The Labute approximate surface area is 161 Å². The second-order valence-corrected chi connectivity index (χ2v) is 6.75. The smallest absolute Gasteiger partial charge is 0.252 e. The summed E-state index contributed by atoms with van der Waals surface area (Å²) in [6.45, 7) is 2.63. The summed E-state index contributed by atoms with van der Waals surface area (Å²) in [7, 11) is 1.62. The van der Waals surface area contributed by atoms with Gasteiger partial charge in [-0.05, 0) is 12.8 Å². The Kier molecular flexibility index (Phi) is 7.19. The predicted molar refractivity (Wildman–Crippen MR) is 94.2 cm³/mol. The number of rotatable bonds is 9. The molecule has 0 aliphatic carbocycles. The lowest BCUT2D eigenvalue weighted by atomic mass is 9.96. The van der Waals surface area contributed by atoms with E-state index in [-0.39, 0.29) is 18.4 Å². The first-order chi connectivity index (χ1) is 13.2. The van der Waals surface area contributed by atoms with Crippen LogP contribution in [-0.4, -0.2) is 59.5 Å². The molecule has 1 aliphatic rings. The van der Waals surface area contributed by atoms with Crippen LogP contribution in [0.15, 0.2) is 15.1 Å². The van der Waals surface area contributed by atoms with Crippen molar-refractivity contribution < 1.29 is 23.3 Å². The van der Waals surface area contributed by atoms with E-state index >= 15 is 0 Å². The van der Waals surface area contributed by atoms with Crippen molar-refractivity contribution in [2.75, 3.05) is 33.4 Å². The largest absolute Gasteiger partial charge is 0.382 e. The van der Waals surface area contributed by atoms with Crippen molar-refractivity contribution in [3.8, 4) is 0 Å². The molecule has 27 heavy (non-hydrogen) atoms. The molecular formula is C17H23ClN4O5. The normalized spacial score (nSPS) is 15.4. The molecule has 10 heteroatoms. The first kappa shape index (κ1) is 19.8. The van der Waals surface area contributed by atoms with Crippen LogP contribution < -0.4 is 0 Å². The Bertz CT molecular complexity index is 726. The summed E-state index contributed by atoms with van der Waals surface area (Å²) in [6, 6.07) is 1.63. The third-order valence-corrected chi connectivity index (χ3v) is 4.65. The minimum atomic E-state index is 0.0984. The minimum Gasteiger partial charge on any atom is -0.382 e. The summed E-state index contributed by atoms with van der Waals surface area (Å²) in [5.41, 5.74) is 0. The lowest BCUT2D eigenvalue weighted by Crippen LogP contribution is -2.38. The van der Waals surface area contributed by atoms with Crippen molar-refractivity contribution in [3.05, 3.63) is 28.7 Å². The number of aryl methyl sites for hydroxylation is 1. The van der Waals surface area contributed by atoms with Gasteiger partial charge in [0.15, 0.2) is 11.0 Å². The summed E-state index contributed by atoms with van der Waals surface area (Å²) in [6.07, 6.45) is 2.49. The summed E-state index contributed by atoms with van der Waals surface area (Å²) in [5.74, 6) is 2.06. The fourth-order valence-electron chi connectivity index (χ4n) is 2.98. The van der Waals surface area contributed by atoms with Crippen LogP contribution in [0.3, 0.4) is 0 Å². The molecule has 1 amide bonds. The van der Waals surface area contributed by atoms with Gasteiger partial charge in [-0.3, -0.25) is 4.79 Å². The van der Waals surface area contributed by atoms with Gasteiger partial charge in [0.05, 0.1) is 13.2 Å². The van der Waals surface area contributed by atoms with Gasteiger partial charge < -0.3 is 23.4 Å². The van der Waals surface area contributed by atoms with Gasteiger partial charge in [0.1, 0.15) is 12.4 Å². The van der Waals surface area contributed by atoms with Crippen LogP contribution in [0.2, 0.25) is 5.15 Å². The average Bonchev–Trinajstić information content (AvgIpc) is 3.32. The number of hydrogen-bond acceptors (Lipinski definition) is 8. The summed E-state index contributed by atoms with van der Waals surface area (Å²) < 4.78 is 20.5. The zero-order valence-electron chi connectivity index (χ0n) is 15.2. The van der Waals surface area contributed by atoms with Gasteiger partial charge in [0, 0.05) is 45.0 Å². The van der Waals surface area contributed by atoms with Gasteiger partial charge >= 0.3 is 0 Å². The number of ether oxygens (including phenoxy) is 2.